The first-order valence-corrected chi connectivity index (χ1v) is 11.6. The first-order chi connectivity index (χ1) is 15.9. The number of nitrogens with zero attached hydrogens (tertiary/aromatic N) is 5. The van der Waals surface area contributed by atoms with Crippen LogP contribution in [0, 0.1) is 5.92 Å². The van der Waals surface area contributed by atoms with Crippen molar-refractivity contribution in [2.75, 3.05) is 57.9 Å². The van der Waals surface area contributed by atoms with E-state index in [0.717, 1.165) is 17.1 Å². The van der Waals surface area contributed by atoms with E-state index < -0.39 is 0 Å². The van der Waals surface area contributed by atoms with Gasteiger partial charge in [-0.25, -0.2) is 0 Å². The van der Waals surface area contributed by atoms with Crippen molar-refractivity contribution in [1.82, 2.24) is 20.0 Å². The zero-order chi connectivity index (χ0) is 23.8. The lowest BCUT2D eigenvalue weighted by Crippen LogP contribution is -2.52. The molecule has 2 amide bonds. The highest BCUT2D eigenvalue weighted by molar-refractivity contribution is 6.33. The first-order valence-electron chi connectivity index (χ1n) is 11.3. The molecule has 8 nitrogen and oxygen atoms in total. The van der Waals surface area contributed by atoms with Crippen LogP contribution >= 0.6 is 11.6 Å². The van der Waals surface area contributed by atoms with Gasteiger partial charge in [0.05, 0.1) is 23.9 Å². The molecule has 0 spiro atoms. The average molecular weight is 474 g/mol. The van der Waals surface area contributed by atoms with Crippen LogP contribution in [0.2, 0.25) is 5.02 Å². The highest BCUT2D eigenvalue weighted by Gasteiger charge is 2.25. The molecule has 2 heterocycles. The normalized spacial score (nSPS) is 14.0. The quantitative estimate of drug-likeness (QED) is 0.557. The molecule has 178 valence electrons. The Morgan fingerprint density at radius 3 is 2.42 bits per heavy atom. The lowest BCUT2D eigenvalue weighted by molar-refractivity contribution is -0.141. The van der Waals surface area contributed by atoms with E-state index in [1.54, 1.807) is 12.0 Å². The van der Waals surface area contributed by atoms with Crippen LogP contribution < -0.4 is 4.90 Å². The summed E-state index contributed by atoms with van der Waals surface area (Å²) in [7, 11) is 1.59. The summed E-state index contributed by atoms with van der Waals surface area (Å²) >= 11 is 6.25. The molecule has 2 aromatic rings. The van der Waals surface area contributed by atoms with Gasteiger partial charge in [0.15, 0.2) is 5.82 Å². The smallest absolute Gasteiger partial charge is 0.242 e. The molecule has 0 aliphatic carbocycles. The van der Waals surface area contributed by atoms with Gasteiger partial charge < -0.3 is 19.4 Å². The lowest BCUT2D eigenvalue weighted by atomic mass is 10.1. The van der Waals surface area contributed by atoms with Crippen molar-refractivity contribution < 1.29 is 14.3 Å². The summed E-state index contributed by atoms with van der Waals surface area (Å²) in [5.41, 5.74) is 1.57. The number of aromatic nitrogens is 2. The SMILES string of the molecule is COCCN(CC(=O)N1CCN(c2ccc(-c3ccccc3Cl)nn2)CC1)C(=O)CC(C)C. The Morgan fingerprint density at radius 1 is 1.09 bits per heavy atom. The molecule has 0 bridgehead atoms. The summed E-state index contributed by atoms with van der Waals surface area (Å²) in [6, 6.07) is 11.4. The number of amides is 2. The van der Waals surface area contributed by atoms with Crippen molar-refractivity contribution in [3.05, 3.63) is 41.4 Å². The van der Waals surface area contributed by atoms with E-state index in [1.807, 2.05) is 55.1 Å². The van der Waals surface area contributed by atoms with Crippen molar-refractivity contribution in [2.45, 2.75) is 20.3 Å². The fourth-order valence-electron chi connectivity index (χ4n) is 3.73. The topological polar surface area (TPSA) is 78.9 Å². The molecular weight excluding hydrogens is 442 g/mol. The number of halogens is 1. The van der Waals surface area contributed by atoms with Gasteiger partial charge in [-0.1, -0.05) is 43.6 Å². The summed E-state index contributed by atoms with van der Waals surface area (Å²) in [5.74, 6) is 0.962. The maximum atomic E-state index is 12.9. The van der Waals surface area contributed by atoms with Gasteiger partial charge in [-0.3, -0.25) is 9.59 Å². The molecule has 0 unspecified atom stereocenters. The Balaban J connectivity index is 1.55. The molecule has 0 N–H and O–H groups in total. The average Bonchev–Trinajstić information content (AvgIpc) is 2.81. The monoisotopic (exact) mass is 473 g/mol. The fourth-order valence-corrected chi connectivity index (χ4v) is 3.96. The molecule has 0 saturated carbocycles. The van der Waals surface area contributed by atoms with E-state index in [1.165, 1.54) is 0 Å². The molecular formula is C24H32ClN5O3. The molecule has 1 aliphatic heterocycles. The van der Waals surface area contributed by atoms with Crippen molar-refractivity contribution in [3.8, 4) is 11.3 Å². The Labute approximate surface area is 200 Å². The zero-order valence-corrected chi connectivity index (χ0v) is 20.3. The zero-order valence-electron chi connectivity index (χ0n) is 19.5. The van der Waals surface area contributed by atoms with E-state index in [0.29, 0.717) is 50.8 Å². The number of hydrogen-bond acceptors (Lipinski definition) is 6. The number of methoxy groups -OCH3 is 1. The number of carbonyl (C=O) groups excluding carboxylic acids is 2. The van der Waals surface area contributed by atoms with E-state index in [4.69, 9.17) is 16.3 Å². The van der Waals surface area contributed by atoms with E-state index in [9.17, 15) is 9.59 Å². The van der Waals surface area contributed by atoms with Crippen LogP contribution in [0.15, 0.2) is 36.4 Å². The van der Waals surface area contributed by atoms with E-state index >= 15 is 0 Å². The van der Waals surface area contributed by atoms with Crippen LogP contribution in [-0.4, -0.2) is 84.8 Å². The number of ether oxygens (including phenoxy) is 1. The summed E-state index contributed by atoms with van der Waals surface area (Å²) in [4.78, 5) is 30.9. The van der Waals surface area contributed by atoms with Crippen molar-refractivity contribution in [3.63, 3.8) is 0 Å². The molecule has 1 aliphatic rings. The van der Waals surface area contributed by atoms with Crippen molar-refractivity contribution in [1.29, 1.82) is 0 Å². The highest BCUT2D eigenvalue weighted by Crippen LogP contribution is 2.26. The third-order valence-electron chi connectivity index (χ3n) is 5.58. The number of rotatable bonds is 9. The van der Waals surface area contributed by atoms with Gasteiger partial charge in [0.2, 0.25) is 11.8 Å². The van der Waals surface area contributed by atoms with Gasteiger partial charge in [-0.15, -0.1) is 10.2 Å². The molecule has 9 heteroatoms. The van der Waals surface area contributed by atoms with Gasteiger partial charge in [0.25, 0.3) is 0 Å². The number of carbonyl (C=O) groups is 2. The standard InChI is InChI=1S/C24H32ClN5O3/c1-18(2)16-23(31)30(14-15-33-3)17-24(32)29-12-10-28(11-13-29)22-9-8-21(26-27-22)19-6-4-5-7-20(19)25/h4-9,18H,10-17H2,1-3H3. The molecule has 33 heavy (non-hydrogen) atoms. The van der Waals surface area contributed by atoms with E-state index in [-0.39, 0.29) is 24.3 Å². The molecule has 0 atom stereocenters. The van der Waals surface area contributed by atoms with E-state index in [2.05, 4.69) is 15.1 Å². The maximum absolute atomic E-state index is 12.9. The Hall–Kier alpha value is -2.71. The molecule has 1 aromatic heterocycles. The number of hydrogen-bond donors (Lipinski definition) is 0. The molecule has 1 aromatic carbocycles. The third-order valence-corrected chi connectivity index (χ3v) is 5.91. The predicted octanol–water partition coefficient (Wildman–Crippen LogP) is 2.97. The fraction of sp³-hybridized carbons (Fsp3) is 0.500. The minimum Gasteiger partial charge on any atom is -0.383 e. The number of piperazine rings is 1. The summed E-state index contributed by atoms with van der Waals surface area (Å²) in [6.45, 7) is 7.37. The maximum Gasteiger partial charge on any atom is 0.242 e. The minimum absolute atomic E-state index is 0.0112. The van der Waals surface area contributed by atoms with Crippen LogP contribution in [0.5, 0.6) is 0 Å². The summed E-state index contributed by atoms with van der Waals surface area (Å²) < 4.78 is 5.12. The largest absolute Gasteiger partial charge is 0.383 e. The molecule has 1 fully saturated rings. The van der Waals surface area contributed by atoms with Crippen LogP contribution in [0.3, 0.4) is 0 Å². The van der Waals surface area contributed by atoms with Gasteiger partial charge in [0.1, 0.15) is 0 Å². The minimum atomic E-state index is -0.0389. The Morgan fingerprint density at radius 2 is 1.82 bits per heavy atom. The summed E-state index contributed by atoms with van der Waals surface area (Å²) in [6.07, 6.45) is 0.424. The molecule has 3 rings (SSSR count). The van der Waals surface area contributed by atoms with Gasteiger partial charge in [0, 0.05) is 51.8 Å². The van der Waals surface area contributed by atoms with Crippen molar-refractivity contribution >= 4 is 29.2 Å². The highest BCUT2D eigenvalue weighted by atomic mass is 35.5. The van der Waals surface area contributed by atoms with Gasteiger partial charge >= 0.3 is 0 Å². The van der Waals surface area contributed by atoms with Crippen LogP contribution in [0.1, 0.15) is 20.3 Å². The third kappa shape index (κ3) is 6.88. The second-order valence-corrected chi connectivity index (χ2v) is 8.94. The Bertz CT molecular complexity index is 930. The predicted molar refractivity (Wildman–Crippen MR) is 129 cm³/mol. The van der Waals surface area contributed by atoms with Crippen molar-refractivity contribution in [2.24, 2.45) is 5.92 Å². The summed E-state index contributed by atoms with van der Waals surface area (Å²) in [5, 5.41) is 9.34. The van der Waals surface area contributed by atoms with Crippen LogP contribution in [0.4, 0.5) is 5.82 Å². The lowest BCUT2D eigenvalue weighted by Gasteiger charge is -2.36. The second kappa shape index (κ2) is 12.0. The van der Waals surface area contributed by atoms with Gasteiger partial charge in [-0.05, 0) is 24.1 Å². The molecule has 1 saturated heterocycles. The number of anilines is 1. The first kappa shape index (κ1) is 24.9. The number of benzene rings is 1. The van der Waals surface area contributed by atoms with Crippen LogP contribution in [0.25, 0.3) is 11.3 Å². The molecule has 0 radical (unpaired) electrons. The van der Waals surface area contributed by atoms with Gasteiger partial charge in [-0.2, -0.15) is 0 Å². The second-order valence-electron chi connectivity index (χ2n) is 8.53. The van der Waals surface area contributed by atoms with Crippen LogP contribution in [-0.2, 0) is 14.3 Å². The Kier molecular flexibility index (Phi) is 9.03.